The molecule has 1 atom stereocenters. The average Bonchev–Trinajstić information content (AvgIpc) is 2.37. The van der Waals surface area contributed by atoms with Crippen molar-refractivity contribution >= 4 is 17.3 Å². The van der Waals surface area contributed by atoms with Gasteiger partial charge in [0.05, 0.1) is 12.6 Å². The Labute approximate surface area is 114 Å². The summed E-state index contributed by atoms with van der Waals surface area (Å²) in [5, 5.41) is 6.89. The fraction of sp³-hybridized carbons (Fsp3) is 0.357. The highest BCUT2D eigenvalue weighted by Crippen LogP contribution is 2.17. The quantitative estimate of drug-likeness (QED) is 0.611. The minimum absolute atomic E-state index is 0.158. The Bertz CT molecular complexity index is 389. The molecule has 0 fully saturated rings. The Kier molecular flexibility index (Phi) is 6.22. The van der Waals surface area contributed by atoms with Crippen molar-refractivity contribution in [2.45, 2.75) is 19.9 Å². The molecule has 0 radical (unpaired) electrons. The first-order valence-electron chi connectivity index (χ1n) is 6.05. The fourth-order valence-electron chi connectivity index (χ4n) is 1.52. The van der Waals surface area contributed by atoms with Crippen LogP contribution in [0.4, 0.5) is 0 Å². The van der Waals surface area contributed by atoms with Crippen molar-refractivity contribution in [3.8, 4) is 5.75 Å². The third-order valence-electron chi connectivity index (χ3n) is 2.45. The maximum atomic E-state index is 5.41. The first-order chi connectivity index (χ1) is 8.67. The molecule has 4 heteroatoms. The third-order valence-corrected chi connectivity index (χ3v) is 2.71. The molecule has 0 aliphatic rings. The lowest BCUT2D eigenvalue weighted by Gasteiger charge is -2.17. The zero-order chi connectivity index (χ0) is 13.4. The summed E-state index contributed by atoms with van der Waals surface area (Å²) in [5.74, 6) is 0.890. The van der Waals surface area contributed by atoms with Crippen molar-refractivity contribution in [2.75, 3.05) is 13.2 Å². The zero-order valence-electron chi connectivity index (χ0n) is 10.9. The molecule has 3 nitrogen and oxygen atoms in total. The van der Waals surface area contributed by atoms with E-state index in [1.54, 1.807) is 6.08 Å². The standard InChI is InChI=1S/C14H20N2OS/c1-4-10-15-14(18)16-11(3)12-6-8-13(9-7-12)17-5-2/h4,6-9,11H,1,5,10H2,2-3H3,(H2,15,16,18). The van der Waals surface area contributed by atoms with Gasteiger partial charge in [-0.15, -0.1) is 6.58 Å². The van der Waals surface area contributed by atoms with Gasteiger partial charge in [0, 0.05) is 6.54 Å². The first kappa shape index (κ1) is 14.5. The molecule has 0 aliphatic heterocycles. The number of benzene rings is 1. The summed E-state index contributed by atoms with van der Waals surface area (Å²) in [5.41, 5.74) is 1.17. The van der Waals surface area contributed by atoms with Crippen LogP contribution in [0.1, 0.15) is 25.5 Å². The molecule has 1 rings (SSSR count). The molecule has 1 aromatic rings. The Morgan fingerprint density at radius 2 is 2.11 bits per heavy atom. The van der Waals surface area contributed by atoms with E-state index in [0.717, 1.165) is 5.75 Å². The molecule has 0 bridgehead atoms. The lowest BCUT2D eigenvalue weighted by atomic mass is 10.1. The van der Waals surface area contributed by atoms with E-state index in [0.29, 0.717) is 18.3 Å². The number of hydrogen-bond donors (Lipinski definition) is 2. The van der Waals surface area contributed by atoms with E-state index in [-0.39, 0.29) is 6.04 Å². The van der Waals surface area contributed by atoms with Crippen LogP contribution in [0.2, 0.25) is 0 Å². The van der Waals surface area contributed by atoms with Gasteiger partial charge in [-0.25, -0.2) is 0 Å². The largest absolute Gasteiger partial charge is 0.494 e. The van der Waals surface area contributed by atoms with Gasteiger partial charge in [0.25, 0.3) is 0 Å². The van der Waals surface area contributed by atoms with Gasteiger partial charge in [-0.1, -0.05) is 18.2 Å². The molecule has 18 heavy (non-hydrogen) atoms. The van der Waals surface area contributed by atoms with E-state index in [9.17, 15) is 0 Å². The van der Waals surface area contributed by atoms with Gasteiger partial charge in [0.1, 0.15) is 5.75 Å². The van der Waals surface area contributed by atoms with Crippen molar-refractivity contribution in [1.29, 1.82) is 0 Å². The van der Waals surface area contributed by atoms with E-state index in [4.69, 9.17) is 17.0 Å². The predicted octanol–water partition coefficient (Wildman–Crippen LogP) is 2.80. The third kappa shape index (κ3) is 4.75. The van der Waals surface area contributed by atoms with Gasteiger partial charge in [0.2, 0.25) is 0 Å². The second-order valence-electron chi connectivity index (χ2n) is 3.87. The molecule has 0 saturated heterocycles. The molecule has 0 amide bonds. The van der Waals surface area contributed by atoms with Crippen LogP contribution >= 0.6 is 12.2 Å². The smallest absolute Gasteiger partial charge is 0.167 e. The van der Waals surface area contributed by atoms with Gasteiger partial charge >= 0.3 is 0 Å². The normalized spacial score (nSPS) is 11.4. The van der Waals surface area contributed by atoms with Gasteiger partial charge in [-0.05, 0) is 43.8 Å². The lowest BCUT2D eigenvalue weighted by Crippen LogP contribution is -2.36. The Balaban J connectivity index is 2.52. The minimum Gasteiger partial charge on any atom is -0.494 e. The van der Waals surface area contributed by atoms with E-state index < -0.39 is 0 Å². The molecule has 0 aromatic heterocycles. The van der Waals surface area contributed by atoms with Gasteiger partial charge in [-0.3, -0.25) is 0 Å². The van der Waals surface area contributed by atoms with Gasteiger partial charge < -0.3 is 15.4 Å². The molecular weight excluding hydrogens is 244 g/mol. The predicted molar refractivity (Wildman–Crippen MR) is 80.0 cm³/mol. The van der Waals surface area contributed by atoms with Crippen LogP contribution < -0.4 is 15.4 Å². The molecule has 98 valence electrons. The SMILES string of the molecule is C=CCNC(=S)NC(C)c1ccc(OCC)cc1. The van der Waals surface area contributed by atoms with Crippen LogP contribution in [0.15, 0.2) is 36.9 Å². The number of nitrogens with one attached hydrogen (secondary N) is 2. The molecule has 2 N–H and O–H groups in total. The number of rotatable bonds is 6. The van der Waals surface area contributed by atoms with Crippen molar-refractivity contribution in [3.63, 3.8) is 0 Å². The fourth-order valence-corrected chi connectivity index (χ4v) is 1.78. The summed E-state index contributed by atoms with van der Waals surface area (Å²) in [6, 6.07) is 8.18. The molecule has 0 spiro atoms. The molecule has 0 aliphatic carbocycles. The Morgan fingerprint density at radius 3 is 2.67 bits per heavy atom. The molecular formula is C14H20N2OS. The monoisotopic (exact) mass is 264 g/mol. The van der Waals surface area contributed by atoms with Gasteiger partial charge in [-0.2, -0.15) is 0 Å². The summed E-state index contributed by atoms with van der Waals surface area (Å²) >= 11 is 5.17. The van der Waals surface area contributed by atoms with E-state index >= 15 is 0 Å². The maximum absolute atomic E-state index is 5.41. The van der Waals surface area contributed by atoms with Crippen molar-refractivity contribution < 1.29 is 4.74 Å². The Hall–Kier alpha value is -1.55. The van der Waals surface area contributed by atoms with E-state index in [2.05, 4.69) is 24.1 Å². The van der Waals surface area contributed by atoms with Gasteiger partial charge in [0.15, 0.2) is 5.11 Å². The van der Waals surface area contributed by atoms with Crippen LogP contribution in [0, 0.1) is 0 Å². The molecule has 1 unspecified atom stereocenters. The van der Waals surface area contributed by atoms with E-state index in [1.165, 1.54) is 5.56 Å². The topological polar surface area (TPSA) is 33.3 Å². The summed E-state index contributed by atoms with van der Waals surface area (Å²) in [7, 11) is 0. The highest BCUT2D eigenvalue weighted by atomic mass is 32.1. The van der Waals surface area contributed by atoms with Crippen LogP contribution in [-0.4, -0.2) is 18.3 Å². The van der Waals surface area contributed by atoms with Crippen LogP contribution in [0.3, 0.4) is 0 Å². The summed E-state index contributed by atoms with van der Waals surface area (Å²) in [6.07, 6.45) is 1.77. The second-order valence-corrected chi connectivity index (χ2v) is 4.28. The highest BCUT2D eigenvalue weighted by Gasteiger charge is 2.06. The number of hydrogen-bond acceptors (Lipinski definition) is 2. The van der Waals surface area contributed by atoms with Crippen LogP contribution in [-0.2, 0) is 0 Å². The molecule has 1 aromatic carbocycles. The second kappa shape index (κ2) is 7.71. The van der Waals surface area contributed by atoms with Crippen molar-refractivity contribution in [1.82, 2.24) is 10.6 Å². The average molecular weight is 264 g/mol. The van der Waals surface area contributed by atoms with Crippen LogP contribution in [0.25, 0.3) is 0 Å². The number of ether oxygens (including phenoxy) is 1. The Morgan fingerprint density at radius 1 is 1.44 bits per heavy atom. The summed E-state index contributed by atoms with van der Waals surface area (Å²) in [6.45, 7) is 9.03. The van der Waals surface area contributed by atoms with Crippen molar-refractivity contribution in [2.24, 2.45) is 0 Å². The lowest BCUT2D eigenvalue weighted by molar-refractivity contribution is 0.340. The maximum Gasteiger partial charge on any atom is 0.167 e. The summed E-state index contributed by atoms with van der Waals surface area (Å²) in [4.78, 5) is 0. The highest BCUT2D eigenvalue weighted by molar-refractivity contribution is 7.80. The summed E-state index contributed by atoms with van der Waals surface area (Å²) < 4.78 is 5.41. The molecule has 0 heterocycles. The zero-order valence-corrected chi connectivity index (χ0v) is 11.7. The van der Waals surface area contributed by atoms with Crippen LogP contribution in [0.5, 0.6) is 5.75 Å². The first-order valence-corrected chi connectivity index (χ1v) is 6.46. The molecule has 0 saturated carbocycles. The van der Waals surface area contributed by atoms with Crippen molar-refractivity contribution in [3.05, 3.63) is 42.5 Å². The van der Waals surface area contributed by atoms with E-state index in [1.807, 2.05) is 31.2 Å². The number of thiocarbonyl (C=S) groups is 1. The minimum atomic E-state index is 0.158.